The minimum Gasteiger partial charge on any atom is -0.388 e. The second kappa shape index (κ2) is 17.6. The van der Waals surface area contributed by atoms with Crippen molar-refractivity contribution in [2.75, 3.05) is 11.9 Å². The lowest BCUT2D eigenvalue weighted by atomic mass is 9.79. The summed E-state index contributed by atoms with van der Waals surface area (Å²) >= 11 is 0. The fraction of sp³-hybridized carbons (Fsp3) is 0.462. The van der Waals surface area contributed by atoms with Crippen molar-refractivity contribution < 1.29 is 24.0 Å². The normalized spacial score (nSPS) is 19.7. The summed E-state index contributed by atoms with van der Waals surface area (Å²) in [6, 6.07) is 12.2. The zero-order chi connectivity index (χ0) is 35.5. The summed E-state index contributed by atoms with van der Waals surface area (Å²) in [5.74, 6) is -0.864. The van der Waals surface area contributed by atoms with Crippen molar-refractivity contribution in [3.05, 3.63) is 70.9 Å². The van der Waals surface area contributed by atoms with Crippen molar-refractivity contribution in [1.82, 2.24) is 10.2 Å². The van der Waals surface area contributed by atoms with E-state index in [1.807, 2.05) is 57.5 Å². The van der Waals surface area contributed by atoms with Crippen molar-refractivity contribution in [2.24, 2.45) is 22.7 Å². The van der Waals surface area contributed by atoms with E-state index in [0.29, 0.717) is 24.3 Å². The van der Waals surface area contributed by atoms with Crippen molar-refractivity contribution in [3.8, 4) is 0 Å². The molecule has 0 radical (unpaired) electrons. The molecule has 2 aliphatic rings. The van der Waals surface area contributed by atoms with Crippen LogP contribution in [0.3, 0.4) is 0 Å². The van der Waals surface area contributed by atoms with Gasteiger partial charge in [0.1, 0.15) is 17.9 Å². The Labute approximate surface area is 289 Å². The predicted octanol–water partition coefficient (Wildman–Crippen LogP) is 6.65. The third-order valence-corrected chi connectivity index (χ3v) is 9.69. The molecule has 1 saturated carbocycles. The number of nitrogens with zero attached hydrogens (tertiary/aromatic N) is 2. The third-order valence-electron chi connectivity index (χ3n) is 9.69. The van der Waals surface area contributed by atoms with Crippen LogP contribution in [0.5, 0.6) is 0 Å². The maximum Gasteiger partial charge on any atom is 0.262 e. The van der Waals surface area contributed by atoms with E-state index in [4.69, 9.17) is 5.41 Å². The number of aryl methyl sites for hydroxylation is 1. The first-order chi connectivity index (χ1) is 23.5. The second-order valence-electron chi connectivity index (χ2n) is 13.4. The number of allylic oxidation sites excluding steroid dienone is 1. The molecule has 1 fully saturated rings. The van der Waals surface area contributed by atoms with Gasteiger partial charge in [-0.1, -0.05) is 32.0 Å². The number of carbonyl (C=O) groups excluding carboxylic acids is 5. The van der Waals surface area contributed by atoms with Gasteiger partial charge in [-0.3, -0.25) is 24.3 Å². The molecule has 10 heteroatoms. The molecular weight excluding hydrogens is 618 g/mol. The highest BCUT2D eigenvalue weighted by Crippen LogP contribution is 2.30. The summed E-state index contributed by atoms with van der Waals surface area (Å²) in [7, 11) is 0. The highest BCUT2D eigenvalue weighted by molar-refractivity contribution is 6.22. The zero-order valence-corrected chi connectivity index (χ0v) is 29.0. The molecule has 4 rings (SSSR count). The summed E-state index contributed by atoms with van der Waals surface area (Å²) in [6.45, 7) is 8.06. The Morgan fingerprint density at radius 3 is 2.41 bits per heavy atom. The van der Waals surface area contributed by atoms with Crippen LogP contribution in [0.2, 0.25) is 0 Å². The first kappa shape index (κ1) is 37.1. The number of fused-ring (bicyclic) bond motifs is 1. The minimum atomic E-state index is -0.973. The Morgan fingerprint density at radius 1 is 1.02 bits per heavy atom. The first-order valence-corrected chi connectivity index (χ1v) is 17.3. The van der Waals surface area contributed by atoms with E-state index in [1.54, 1.807) is 18.2 Å². The Bertz CT molecular complexity index is 1610. The maximum absolute atomic E-state index is 13.3. The van der Waals surface area contributed by atoms with Crippen LogP contribution in [0.1, 0.15) is 98.4 Å². The number of anilines is 1. The largest absolute Gasteiger partial charge is 0.388 e. The quantitative estimate of drug-likeness (QED) is 0.0698. The van der Waals surface area contributed by atoms with Gasteiger partial charge in [0.05, 0.1) is 22.9 Å². The summed E-state index contributed by atoms with van der Waals surface area (Å²) < 4.78 is 0. The molecule has 2 amide bonds. The number of benzene rings is 2. The van der Waals surface area contributed by atoms with Crippen LogP contribution < -0.4 is 10.6 Å². The van der Waals surface area contributed by atoms with Crippen molar-refractivity contribution in [2.45, 2.75) is 91.1 Å². The number of aliphatic imine (C=N–C) groups is 1. The third kappa shape index (κ3) is 9.68. The van der Waals surface area contributed by atoms with E-state index >= 15 is 0 Å². The highest BCUT2D eigenvalue weighted by atomic mass is 16.2. The summed E-state index contributed by atoms with van der Waals surface area (Å²) in [5.41, 5.74) is 4.07. The molecule has 0 saturated heterocycles. The number of aldehydes is 1. The van der Waals surface area contributed by atoms with Crippen molar-refractivity contribution in [1.29, 1.82) is 5.41 Å². The molecule has 2 unspecified atom stereocenters. The number of nitrogens with one attached hydrogen (secondary N) is 3. The van der Waals surface area contributed by atoms with E-state index in [-0.39, 0.29) is 53.5 Å². The average molecular weight is 668 g/mol. The Kier molecular flexibility index (Phi) is 13.3. The maximum atomic E-state index is 13.3. The van der Waals surface area contributed by atoms with Gasteiger partial charge in [0.25, 0.3) is 11.8 Å². The fourth-order valence-corrected chi connectivity index (χ4v) is 6.52. The Morgan fingerprint density at radius 2 is 1.73 bits per heavy atom. The van der Waals surface area contributed by atoms with Crippen LogP contribution in [-0.4, -0.2) is 65.6 Å². The van der Waals surface area contributed by atoms with Gasteiger partial charge in [0.2, 0.25) is 0 Å². The molecule has 0 aromatic heterocycles. The van der Waals surface area contributed by atoms with Gasteiger partial charge in [-0.15, -0.1) is 0 Å². The van der Waals surface area contributed by atoms with Crippen LogP contribution in [0, 0.1) is 30.1 Å². The topological polar surface area (TPSA) is 149 Å². The summed E-state index contributed by atoms with van der Waals surface area (Å²) in [4.78, 5) is 67.7. The van der Waals surface area contributed by atoms with E-state index in [9.17, 15) is 24.0 Å². The molecule has 1 aliphatic heterocycles. The molecule has 0 spiro atoms. The fourth-order valence-electron chi connectivity index (χ4n) is 6.52. The van der Waals surface area contributed by atoms with Gasteiger partial charge in [0, 0.05) is 61.1 Å². The number of hydrogen-bond acceptors (Lipinski definition) is 9. The van der Waals surface area contributed by atoms with Crippen LogP contribution in [0.25, 0.3) is 0 Å². The van der Waals surface area contributed by atoms with E-state index in [2.05, 4.69) is 15.6 Å². The molecule has 10 nitrogen and oxygen atoms in total. The average Bonchev–Trinajstić information content (AvgIpc) is 3.34. The Hall–Kier alpha value is -4.73. The number of imide groups is 1. The molecule has 2 aromatic carbocycles. The van der Waals surface area contributed by atoms with Gasteiger partial charge in [-0.25, -0.2) is 0 Å². The molecule has 2 aromatic rings. The molecule has 260 valence electrons. The first-order valence-electron chi connectivity index (χ1n) is 17.3. The molecule has 3 N–H and O–H groups in total. The van der Waals surface area contributed by atoms with Crippen molar-refractivity contribution >= 4 is 53.5 Å². The zero-order valence-electron chi connectivity index (χ0n) is 29.0. The van der Waals surface area contributed by atoms with Gasteiger partial charge in [-0.2, -0.15) is 0 Å². The predicted molar refractivity (Wildman–Crippen MR) is 193 cm³/mol. The SMILES string of the molecule is CC(=O)CCC(C=O)N1C(=O)c2ccc(NCCCC(C)C(=O)C3CCC(N/C=C(\C=N)[C@@H](C)/C=N\c4ccccc4C)CC3)cc2C1=O. The summed E-state index contributed by atoms with van der Waals surface area (Å²) in [6.07, 6.45) is 10.9. The van der Waals surface area contributed by atoms with Crippen LogP contribution in [0.4, 0.5) is 11.4 Å². The smallest absolute Gasteiger partial charge is 0.262 e. The van der Waals surface area contributed by atoms with E-state index in [1.165, 1.54) is 13.1 Å². The number of amides is 2. The number of hydrogen-bond donors (Lipinski definition) is 3. The lowest BCUT2D eigenvalue weighted by molar-refractivity contribution is -0.127. The van der Waals surface area contributed by atoms with Gasteiger partial charge in [-0.05, 0) is 94.2 Å². The van der Waals surface area contributed by atoms with E-state index < -0.39 is 17.9 Å². The number of ketones is 2. The standard InChI is InChI=1S/C39H49N5O5/c1-25-8-5-6-10-36(25)43-22-27(3)30(21-40)23-42-31-14-12-29(13-15-31)37(47)26(2)9-7-19-41-32-16-18-34-35(20-32)39(49)44(38(34)48)33(24-45)17-11-28(4)46/h5-6,8,10,16,18,20-24,26-27,29,31,33,40-42H,7,9,11-15,17,19H2,1-4H3/b30-23+,40-21?,43-22-/t26?,27-,29?,31?,33?/m0/s1. The number of carbonyl (C=O) groups is 5. The van der Waals surface area contributed by atoms with Gasteiger partial charge >= 0.3 is 0 Å². The van der Waals surface area contributed by atoms with Gasteiger partial charge in [0.15, 0.2) is 0 Å². The molecule has 1 heterocycles. The molecule has 3 atom stereocenters. The number of Topliss-reactive ketones (excluding diaryl/α,β-unsaturated/α-hetero) is 2. The molecule has 0 bridgehead atoms. The second-order valence-corrected chi connectivity index (χ2v) is 13.4. The number of para-hydroxylation sites is 1. The van der Waals surface area contributed by atoms with Gasteiger partial charge < -0.3 is 25.6 Å². The molecular formula is C39H49N5O5. The van der Waals surface area contributed by atoms with Crippen molar-refractivity contribution in [3.63, 3.8) is 0 Å². The Balaban J connectivity index is 1.19. The highest BCUT2D eigenvalue weighted by Gasteiger charge is 2.40. The number of rotatable bonds is 18. The summed E-state index contributed by atoms with van der Waals surface area (Å²) in [5, 5.41) is 14.7. The van der Waals surface area contributed by atoms with Crippen LogP contribution >= 0.6 is 0 Å². The molecule has 1 aliphatic carbocycles. The lowest BCUT2D eigenvalue weighted by Crippen LogP contribution is -2.41. The lowest BCUT2D eigenvalue weighted by Gasteiger charge is -2.29. The molecule has 49 heavy (non-hydrogen) atoms. The van der Waals surface area contributed by atoms with Crippen LogP contribution in [0.15, 0.2) is 59.2 Å². The van der Waals surface area contributed by atoms with Crippen LogP contribution in [-0.2, 0) is 14.4 Å². The van der Waals surface area contributed by atoms with E-state index in [0.717, 1.165) is 60.2 Å². The minimum absolute atomic E-state index is 0.0110. The monoisotopic (exact) mass is 667 g/mol.